The maximum Gasteiger partial charge on any atom is 0.120 e. The Kier molecular flexibility index (Phi) is 3.37. The molecule has 0 aliphatic heterocycles. The van der Waals surface area contributed by atoms with Crippen molar-refractivity contribution in [2.45, 2.75) is 6.42 Å². The predicted molar refractivity (Wildman–Crippen MR) is 67.4 cm³/mol. The minimum absolute atomic E-state index is 0.201. The average molecular weight is 253 g/mol. The summed E-state index contributed by atoms with van der Waals surface area (Å²) in [6.07, 6.45) is 0.600. The molecule has 2 aromatic rings. The summed E-state index contributed by atoms with van der Waals surface area (Å²) in [5.41, 5.74) is 1.80. The Morgan fingerprint density at radius 3 is 2.38 bits per heavy atom. The molecule has 0 spiro atoms. The Morgan fingerprint density at radius 2 is 1.69 bits per heavy atom. The number of halogens is 2. The first-order valence-electron chi connectivity index (χ1n) is 4.87. The van der Waals surface area contributed by atoms with Crippen LogP contribution in [0, 0.1) is 0 Å². The molecular formula is C13H10Cl2O. The molecule has 0 bridgehead atoms. The third-order valence-corrected chi connectivity index (χ3v) is 2.99. The van der Waals surface area contributed by atoms with Crippen LogP contribution in [-0.2, 0) is 6.42 Å². The zero-order valence-electron chi connectivity index (χ0n) is 8.45. The summed E-state index contributed by atoms with van der Waals surface area (Å²) < 4.78 is 0. The first kappa shape index (κ1) is 11.3. The van der Waals surface area contributed by atoms with E-state index in [1.54, 1.807) is 12.1 Å². The lowest BCUT2D eigenvalue weighted by molar-refractivity contribution is 0.469. The Morgan fingerprint density at radius 1 is 0.938 bits per heavy atom. The number of phenols is 1. The second-order valence-electron chi connectivity index (χ2n) is 3.54. The molecule has 0 radical (unpaired) electrons. The number of hydrogen-bond donors (Lipinski definition) is 1. The van der Waals surface area contributed by atoms with E-state index in [-0.39, 0.29) is 5.75 Å². The fourth-order valence-corrected chi connectivity index (χ4v) is 1.90. The van der Waals surface area contributed by atoms with E-state index < -0.39 is 0 Å². The Hall–Kier alpha value is -1.18. The summed E-state index contributed by atoms with van der Waals surface area (Å²) in [7, 11) is 0. The molecule has 0 aromatic heterocycles. The van der Waals surface area contributed by atoms with E-state index in [0.717, 1.165) is 11.1 Å². The molecule has 16 heavy (non-hydrogen) atoms. The molecule has 0 unspecified atom stereocenters. The number of benzene rings is 2. The van der Waals surface area contributed by atoms with Crippen LogP contribution in [0.25, 0.3) is 0 Å². The molecule has 0 amide bonds. The van der Waals surface area contributed by atoms with Crippen molar-refractivity contribution >= 4 is 23.2 Å². The Balaban J connectivity index is 2.31. The van der Waals surface area contributed by atoms with E-state index in [1.807, 2.05) is 24.3 Å². The van der Waals surface area contributed by atoms with E-state index in [1.165, 1.54) is 6.07 Å². The molecule has 3 heteroatoms. The summed E-state index contributed by atoms with van der Waals surface area (Å²) in [4.78, 5) is 0. The van der Waals surface area contributed by atoms with Gasteiger partial charge in [-0.3, -0.25) is 0 Å². The summed E-state index contributed by atoms with van der Waals surface area (Å²) in [5, 5.41) is 10.9. The molecule has 0 saturated heterocycles. The van der Waals surface area contributed by atoms with Crippen molar-refractivity contribution in [2.24, 2.45) is 0 Å². The second kappa shape index (κ2) is 4.77. The van der Waals surface area contributed by atoms with Crippen molar-refractivity contribution in [3.63, 3.8) is 0 Å². The third kappa shape index (κ3) is 2.49. The zero-order valence-corrected chi connectivity index (χ0v) is 9.96. The van der Waals surface area contributed by atoms with Crippen LogP contribution in [-0.4, -0.2) is 5.11 Å². The van der Waals surface area contributed by atoms with E-state index in [0.29, 0.717) is 16.5 Å². The molecule has 0 heterocycles. The maximum absolute atomic E-state index is 9.72. The summed E-state index contributed by atoms with van der Waals surface area (Å²) in [5.74, 6) is 0.201. The highest BCUT2D eigenvalue weighted by molar-refractivity contribution is 6.31. The normalized spacial score (nSPS) is 10.4. The average Bonchev–Trinajstić information content (AvgIpc) is 2.25. The highest BCUT2D eigenvalue weighted by atomic mass is 35.5. The number of hydrogen-bond acceptors (Lipinski definition) is 1. The van der Waals surface area contributed by atoms with Gasteiger partial charge >= 0.3 is 0 Å². The van der Waals surface area contributed by atoms with Gasteiger partial charge in [0.25, 0.3) is 0 Å². The van der Waals surface area contributed by atoms with E-state index in [4.69, 9.17) is 23.2 Å². The van der Waals surface area contributed by atoms with Crippen molar-refractivity contribution in [2.75, 3.05) is 0 Å². The van der Waals surface area contributed by atoms with Crippen LogP contribution < -0.4 is 0 Å². The molecule has 2 aromatic carbocycles. The zero-order chi connectivity index (χ0) is 11.5. The quantitative estimate of drug-likeness (QED) is 0.846. The van der Waals surface area contributed by atoms with Crippen molar-refractivity contribution in [1.82, 2.24) is 0 Å². The molecule has 0 aliphatic carbocycles. The lowest BCUT2D eigenvalue weighted by atomic mass is 10.0. The highest BCUT2D eigenvalue weighted by Gasteiger charge is 2.05. The van der Waals surface area contributed by atoms with Gasteiger partial charge in [0.2, 0.25) is 0 Å². The van der Waals surface area contributed by atoms with Crippen LogP contribution in [0.1, 0.15) is 11.1 Å². The van der Waals surface area contributed by atoms with Crippen LogP contribution in [0.3, 0.4) is 0 Å². The van der Waals surface area contributed by atoms with Gasteiger partial charge in [-0.15, -0.1) is 0 Å². The van der Waals surface area contributed by atoms with Gasteiger partial charge in [-0.25, -0.2) is 0 Å². The van der Waals surface area contributed by atoms with E-state index in [9.17, 15) is 5.11 Å². The topological polar surface area (TPSA) is 20.2 Å². The smallest absolute Gasteiger partial charge is 0.120 e. The first-order valence-corrected chi connectivity index (χ1v) is 5.63. The lowest BCUT2D eigenvalue weighted by Gasteiger charge is -2.06. The minimum atomic E-state index is 0.201. The van der Waals surface area contributed by atoms with E-state index in [2.05, 4.69) is 0 Å². The van der Waals surface area contributed by atoms with Gasteiger partial charge in [0.05, 0.1) is 0 Å². The van der Waals surface area contributed by atoms with Crippen molar-refractivity contribution in [1.29, 1.82) is 0 Å². The fourth-order valence-electron chi connectivity index (χ4n) is 1.53. The molecule has 0 saturated carbocycles. The van der Waals surface area contributed by atoms with Gasteiger partial charge < -0.3 is 5.11 Å². The van der Waals surface area contributed by atoms with Gasteiger partial charge in [-0.2, -0.15) is 0 Å². The molecule has 0 fully saturated rings. The van der Waals surface area contributed by atoms with Crippen molar-refractivity contribution in [3.05, 3.63) is 63.6 Å². The molecule has 0 aliphatic rings. The molecular weight excluding hydrogens is 243 g/mol. The molecule has 0 atom stereocenters. The highest BCUT2D eigenvalue weighted by Crippen LogP contribution is 2.26. The van der Waals surface area contributed by atoms with Gasteiger partial charge in [0.1, 0.15) is 5.75 Å². The number of phenolic OH excluding ortho intramolecular Hbond substituents is 1. The molecule has 82 valence electrons. The lowest BCUT2D eigenvalue weighted by Crippen LogP contribution is -1.89. The van der Waals surface area contributed by atoms with Gasteiger partial charge in [0.15, 0.2) is 0 Å². The standard InChI is InChI=1S/C13H10Cl2O/c14-11-6-5-10(13(16)8-11)7-9-3-1-2-4-12(9)15/h1-6,8,16H,7H2. The SMILES string of the molecule is Oc1cc(Cl)ccc1Cc1ccccc1Cl. The molecule has 1 nitrogen and oxygen atoms in total. The van der Waals surface area contributed by atoms with Crippen molar-refractivity contribution < 1.29 is 5.11 Å². The second-order valence-corrected chi connectivity index (χ2v) is 4.38. The fraction of sp³-hybridized carbons (Fsp3) is 0.0769. The predicted octanol–water partition coefficient (Wildman–Crippen LogP) is 4.29. The molecule has 2 rings (SSSR count). The summed E-state index contributed by atoms with van der Waals surface area (Å²) >= 11 is 11.8. The van der Waals surface area contributed by atoms with Crippen LogP contribution in [0.5, 0.6) is 5.75 Å². The van der Waals surface area contributed by atoms with Gasteiger partial charge in [-0.05, 0) is 29.3 Å². The van der Waals surface area contributed by atoms with Gasteiger partial charge in [0, 0.05) is 16.5 Å². The van der Waals surface area contributed by atoms with Crippen LogP contribution in [0.4, 0.5) is 0 Å². The number of aromatic hydroxyl groups is 1. The third-order valence-electron chi connectivity index (χ3n) is 2.39. The van der Waals surface area contributed by atoms with Crippen molar-refractivity contribution in [3.8, 4) is 5.75 Å². The van der Waals surface area contributed by atoms with Crippen LogP contribution in [0.2, 0.25) is 10.0 Å². The molecule has 1 N–H and O–H groups in total. The monoisotopic (exact) mass is 252 g/mol. The Labute approximate surface area is 104 Å². The Bertz CT molecular complexity index is 509. The number of rotatable bonds is 2. The maximum atomic E-state index is 9.72. The first-order chi connectivity index (χ1) is 7.66. The van der Waals surface area contributed by atoms with Gasteiger partial charge in [-0.1, -0.05) is 47.5 Å². The largest absolute Gasteiger partial charge is 0.508 e. The summed E-state index contributed by atoms with van der Waals surface area (Å²) in [6, 6.07) is 12.7. The van der Waals surface area contributed by atoms with Crippen LogP contribution in [0.15, 0.2) is 42.5 Å². The van der Waals surface area contributed by atoms with Crippen LogP contribution >= 0.6 is 23.2 Å². The minimum Gasteiger partial charge on any atom is -0.508 e. The summed E-state index contributed by atoms with van der Waals surface area (Å²) in [6.45, 7) is 0. The van der Waals surface area contributed by atoms with E-state index >= 15 is 0 Å².